The molecule has 1 aliphatic rings. The van der Waals surface area contributed by atoms with Crippen LogP contribution in [0.5, 0.6) is 0 Å². The van der Waals surface area contributed by atoms with E-state index in [0.717, 1.165) is 13.0 Å². The van der Waals surface area contributed by atoms with Crippen molar-refractivity contribution in [1.82, 2.24) is 0 Å². The second kappa shape index (κ2) is 30.2. The Labute approximate surface area is 146 Å². The van der Waals surface area contributed by atoms with E-state index in [9.17, 15) is 0 Å². The second-order valence-electron chi connectivity index (χ2n) is 2.92. The van der Waals surface area contributed by atoms with Crippen LogP contribution in [0, 0.1) is 6.61 Å². The summed E-state index contributed by atoms with van der Waals surface area (Å²) in [6, 6.07) is 0. The zero-order valence-electron chi connectivity index (χ0n) is 12.5. The zero-order chi connectivity index (χ0) is 18.6. The molecule has 0 radical (unpaired) electrons. The molecule has 0 amide bonds. The van der Waals surface area contributed by atoms with Gasteiger partial charge in [0, 0.05) is 6.61 Å². The smallest absolute Gasteiger partial charge is 0.552 e. The molecule has 13 nitrogen and oxygen atoms in total. The number of hydrogen-bond acceptors (Lipinski definition) is 13. The SMILES string of the molecule is OB(O)O.OB(O)O.OB(O)O.OB(O)O.[CH-]1CCCCO1.[Li+]. The Balaban J connectivity index is -0.0000000591. The Bertz CT molecular complexity index is 128. The van der Waals surface area contributed by atoms with Crippen LogP contribution < -0.4 is 18.9 Å². The van der Waals surface area contributed by atoms with Gasteiger partial charge in [0.1, 0.15) is 0 Å². The first-order chi connectivity index (χ1) is 9.93. The topological polar surface area (TPSA) is 252 Å². The van der Waals surface area contributed by atoms with Gasteiger partial charge in [-0.05, 0) is 6.42 Å². The van der Waals surface area contributed by atoms with Gasteiger partial charge in [-0.3, -0.25) is 0 Å². The molecule has 0 spiro atoms. The van der Waals surface area contributed by atoms with Crippen LogP contribution in [0.3, 0.4) is 0 Å². The number of rotatable bonds is 0. The summed E-state index contributed by atoms with van der Waals surface area (Å²) >= 11 is 0. The van der Waals surface area contributed by atoms with E-state index >= 15 is 0 Å². The second-order valence-corrected chi connectivity index (χ2v) is 2.92. The van der Waals surface area contributed by atoms with Gasteiger partial charge in [0.05, 0.1) is 0 Å². The van der Waals surface area contributed by atoms with Gasteiger partial charge in [-0.1, -0.05) is 6.42 Å². The van der Waals surface area contributed by atoms with E-state index in [4.69, 9.17) is 65.0 Å². The van der Waals surface area contributed by atoms with Crippen molar-refractivity contribution in [2.75, 3.05) is 6.61 Å². The summed E-state index contributed by atoms with van der Waals surface area (Å²) in [6.07, 6.45) is 3.72. The maximum atomic E-state index is 7.17. The normalized spacial score (nSPS) is 11.0. The Morgan fingerprint density at radius 3 is 0.870 bits per heavy atom. The fourth-order valence-electron chi connectivity index (χ4n) is 0.580. The molecule has 0 aromatic heterocycles. The zero-order valence-corrected chi connectivity index (χ0v) is 12.5. The van der Waals surface area contributed by atoms with E-state index in [-0.39, 0.29) is 18.9 Å². The molecule has 1 fully saturated rings. The minimum Gasteiger partial charge on any atom is -0.552 e. The van der Waals surface area contributed by atoms with E-state index in [1.165, 1.54) is 12.8 Å². The molecule has 1 aliphatic heterocycles. The first kappa shape index (κ1) is 34.6. The van der Waals surface area contributed by atoms with Crippen molar-refractivity contribution in [2.45, 2.75) is 19.3 Å². The van der Waals surface area contributed by atoms with E-state index in [1.54, 1.807) is 0 Å². The molecule has 0 atom stereocenters. The summed E-state index contributed by atoms with van der Waals surface area (Å²) in [7, 11) is -8.67. The summed E-state index contributed by atoms with van der Waals surface area (Å²) in [5.74, 6) is 0. The third-order valence-electron chi connectivity index (χ3n) is 0.952. The van der Waals surface area contributed by atoms with Gasteiger partial charge >= 0.3 is 48.1 Å². The average Bonchev–Trinajstić information content (AvgIpc) is 2.28. The molecule has 0 bridgehead atoms. The van der Waals surface area contributed by atoms with E-state index in [0.29, 0.717) is 0 Å². The van der Waals surface area contributed by atoms with Crippen molar-refractivity contribution in [1.29, 1.82) is 0 Å². The van der Waals surface area contributed by atoms with Crippen molar-refractivity contribution in [3.05, 3.63) is 6.61 Å². The van der Waals surface area contributed by atoms with E-state index in [2.05, 4.69) is 0 Å². The molecule has 1 rings (SSSR count). The van der Waals surface area contributed by atoms with Crippen LogP contribution in [0.4, 0.5) is 0 Å². The van der Waals surface area contributed by atoms with Gasteiger partial charge in [-0.2, -0.15) is 6.42 Å². The van der Waals surface area contributed by atoms with Gasteiger partial charge in [-0.15, -0.1) is 0 Å². The van der Waals surface area contributed by atoms with Crippen LogP contribution in [0.15, 0.2) is 0 Å². The minimum atomic E-state index is -2.17. The maximum Gasteiger partial charge on any atom is 1.00 e. The molecule has 0 unspecified atom stereocenters. The molecular formula is C5H21B4LiO13. The third-order valence-corrected chi connectivity index (χ3v) is 0.952. The largest absolute Gasteiger partial charge is 1.00 e. The molecule has 0 aromatic rings. The Hall–Kier alpha value is 0.337. The first-order valence-electron chi connectivity index (χ1n) is 5.53. The number of hydrogen-bond donors (Lipinski definition) is 12. The van der Waals surface area contributed by atoms with Crippen molar-refractivity contribution in [2.24, 2.45) is 0 Å². The molecule has 1 heterocycles. The third kappa shape index (κ3) is 230. The first-order valence-corrected chi connectivity index (χ1v) is 5.53. The van der Waals surface area contributed by atoms with Crippen LogP contribution in [0.25, 0.3) is 0 Å². The monoisotopic (exact) mass is 340 g/mol. The quantitative estimate of drug-likeness (QED) is 0.145. The molecule has 0 saturated carbocycles. The fourth-order valence-corrected chi connectivity index (χ4v) is 0.580. The average molecular weight is 339 g/mol. The van der Waals surface area contributed by atoms with Crippen molar-refractivity contribution in [3.63, 3.8) is 0 Å². The summed E-state index contributed by atoms with van der Waals surface area (Å²) in [5, 5.41) is 86.0. The van der Waals surface area contributed by atoms with Crippen LogP contribution in [0.2, 0.25) is 0 Å². The van der Waals surface area contributed by atoms with Crippen LogP contribution in [-0.2, 0) is 4.74 Å². The van der Waals surface area contributed by atoms with Crippen LogP contribution >= 0.6 is 0 Å². The molecule has 0 aliphatic carbocycles. The fraction of sp³-hybridized carbons (Fsp3) is 0.800. The van der Waals surface area contributed by atoms with Crippen molar-refractivity contribution >= 4 is 29.3 Å². The minimum absolute atomic E-state index is 0. The van der Waals surface area contributed by atoms with E-state index in [1.807, 2.05) is 6.61 Å². The summed E-state index contributed by atoms with van der Waals surface area (Å²) in [4.78, 5) is 0. The molecule has 18 heteroatoms. The molecule has 12 N–H and O–H groups in total. The predicted molar refractivity (Wildman–Crippen MR) is 73.7 cm³/mol. The van der Waals surface area contributed by atoms with Gasteiger partial charge in [0.25, 0.3) is 0 Å². The van der Waals surface area contributed by atoms with Gasteiger partial charge in [0.15, 0.2) is 0 Å². The van der Waals surface area contributed by atoms with Gasteiger partial charge < -0.3 is 65.0 Å². The van der Waals surface area contributed by atoms with E-state index < -0.39 is 29.3 Å². The summed E-state index contributed by atoms with van der Waals surface area (Å²) < 4.78 is 4.94. The molecular weight excluding hydrogens is 318 g/mol. The summed E-state index contributed by atoms with van der Waals surface area (Å²) in [6.45, 7) is 2.84. The van der Waals surface area contributed by atoms with Gasteiger partial charge in [-0.25, -0.2) is 6.61 Å². The molecule has 23 heavy (non-hydrogen) atoms. The molecule has 132 valence electrons. The molecule has 0 aromatic carbocycles. The molecule has 1 saturated heterocycles. The maximum absolute atomic E-state index is 7.17. The summed E-state index contributed by atoms with van der Waals surface area (Å²) in [5.41, 5.74) is 0. The van der Waals surface area contributed by atoms with Crippen LogP contribution in [0.1, 0.15) is 19.3 Å². The van der Waals surface area contributed by atoms with Crippen molar-refractivity contribution < 1.29 is 83.9 Å². The Morgan fingerprint density at radius 2 is 0.826 bits per heavy atom. The predicted octanol–water partition coefficient (Wildman–Crippen LogP) is -9.85. The van der Waals surface area contributed by atoms with Gasteiger partial charge in [0.2, 0.25) is 0 Å². The van der Waals surface area contributed by atoms with Crippen molar-refractivity contribution in [3.8, 4) is 0 Å². The standard InChI is InChI=1S/C5H9O.4BH3O3.Li/c1-2-4-6-5-3-1;4*2-1(3)4;/h4H,1-3,5H2;4*2-4H;/q-1;;;;;+1. The Morgan fingerprint density at radius 1 is 0.565 bits per heavy atom. The number of ether oxygens (including phenoxy) is 1. The Kier molecular flexibility index (Phi) is 45.5. The van der Waals surface area contributed by atoms with Crippen LogP contribution in [-0.4, -0.2) is 96.2 Å².